The molecule has 0 saturated carbocycles. The van der Waals surface area contributed by atoms with Gasteiger partial charge in [0.15, 0.2) is 5.54 Å². The van der Waals surface area contributed by atoms with Gasteiger partial charge in [-0.25, -0.2) is 4.79 Å². The van der Waals surface area contributed by atoms with Crippen LogP contribution in [-0.4, -0.2) is 48.4 Å². The maximum atomic E-state index is 12.5. The Morgan fingerprint density at radius 3 is 2.42 bits per heavy atom. The van der Waals surface area contributed by atoms with Crippen LogP contribution in [0.5, 0.6) is 5.75 Å². The lowest BCUT2D eigenvalue weighted by Gasteiger charge is -2.33. The molecule has 0 radical (unpaired) electrons. The number of ether oxygens (including phenoxy) is 2. The molecule has 0 fully saturated rings. The van der Waals surface area contributed by atoms with Gasteiger partial charge in [0.05, 0.1) is 24.8 Å². The largest absolute Gasteiger partial charge is 0.489 e. The van der Waals surface area contributed by atoms with E-state index in [0.717, 1.165) is 0 Å². The van der Waals surface area contributed by atoms with Crippen molar-refractivity contribution in [2.24, 2.45) is 5.73 Å². The van der Waals surface area contributed by atoms with Gasteiger partial charge in [0.2, 0.25) is 0 Å². The third kappa shape index (κ3) is 6.01. The molecule has 0 aliphatic rings. The Morgan fingerprint density at radius 1 is 1.19 bits per heavy atom. The Bertz CT molecular complexity index is 924. The summed E-state index contributed by atoms with van der Waals surface area (Å²) < 4.78 is 11.0. The molecule has 0 aromatic heterocycles. The number of aliphatic hydroxyl groups excluding tert-OH is 1. The zero-order valence-corrected chi connectivity index (χ0v) is 18.5. The summed E-state index contributed by atoms with van der Waals surface area (Å²) in [6.07, 6.45) is 0.144. The topological polar surface area (TPSA) is 138 Å². The molecule has 2 aromatic carbocycles. The van der Waals surface area contributed by atoms with Crippen molar-refractivity contribution in [1.29, 1.82) is 5.41 Å². The first kappa shape index (κ1) is 24.7. The highest BCUT2D eigenvalue weighted by molar-refractivity contribution is 6.35. The molecule has 0 aliphatic heterocycles. The van der Waals surface area contributed by atoms with Crippen molar-refractivity contribution in [2.75, 3.05) is 31.7 Å². The normalized spacial score (nSPS) is 12.8. The summed E-state index contributed by atoms with van der Waals surface area (Å²) in [5, 5.41) is 30.0. The van der Waals surface area contributed by atoms with Crippen molar-refractivity contribution in [3.05, 3.63) is 57.6 Å². The molecule has 0 spiro atoms. The SMILES string of the molecule is CCC(Nc1ccc(C(=N)N)cc1)(C(=O)O)c1cc(Cl)cc(Cl)c1OCCOCCO. The van der Waals surface area contributed by atoms with Crippen LogP contribution in [0.25, 0.3) is 0 Å². The number of nitrogens with two attached hydrogens (primary N) is 1. The predicted octanol–water partition coefficient (Wildman–Crippen LogP) is 3.47. The summed E-state index contributed by atoms with van der Waals surface area (Å²) in [4.78, 5) is 12.5. The predicted molar refractivity (Wildman–Crippen MR) is 121 cm³/mol. The molecule has 8 nitrogen and oxygen atoms in total. The zero-order valence-electron chi connectivity index (χ0n) is 17.0. The number of rotatable bonds is 12. The van der Waals surface area contributed by atoms with E-state index < -0.39 is 11.5 Å². The lowest BCUT2D eigenvalue weighted by Crippen LogP contribution is -2.43. The molecule has 1 unspecified atom stereocenters. The molecule has 0 aliphatic carbocycles. The van der Waals surface area contributed by atoms with Gasteiger partial charge in [-0.2, -0.15) is 0 Å². The number of carboxylic acids is 1. The van der Waals surface area contributed by atoms with Gasteiger partial charge in [0.1, 0.15) is 18.2 Å². The molecule has 0 saturated heterocycles. The first-order valence-electron chi connectivity index (χ1n) is 9.52. The zero-order chi connectivity index (χ0) is 23.0. The summed E-state index contributed by atoms with van der Waals surface area (Å²) >= 11 is 12.6. The fraction of sp³-hybridized carbons (Fsp3) is 0.333. The van der Waals surface area contributed by atoms with Crippen LogP contribution < -0.4 is 15.8 Å². The highest BCUT2D eigenvalue weighted by atomic mass is 35.5. The van der Waals surface area contributed by atoms with E-state index in [9.17, 15) is 9.90 Å². The van der Waals surface area contributed by atoms with Crippen molar-refractivity contribution >= 4 is 40.7 Å². The monoisotopic (exact) mass is 469 g/mol. The minimum absolute atomic E-state index is 0.0905. The third-order valence-electron chi connectivity index (χ3n) is 4.63. The average Bonchev–Trinajstić information content (AvgIpc) is 2.73. The Balaban J connectivity index is 2.46. The van der Waals surface area contributed by atoms with Crippen LogP contribution in [-0.2, 0) is 15.1 Å². The van der Waals surface area contributed by atoms with Crippen LogP contribution in [0.1, 0.15) is 24.5 Å². The van der Waals surface area contributed by atoms with E-state index >= 15 is 0 Å². The van der Waals surface area contributed by atoms with Crippen LogP contribution >= 0.6 is 23.2 Å². The summed E-state index contributed by atoms with van der Waals surface area (Å²) in [5.74, 6) is -1.06. The maximum Gasteiger partial charge on any atom is 0.334 e. The number of aliphatic hydroxyl groups is 1. The number of anilines is 1. The van der Waals surface area contributed by atoms with Crippen molar-refractivity contribution < 1.29 is 24.5 Å². The second-order valence-corrected chi connectivity index (χ2v) is 7.47. The van der Waals surface area contributed by atoms with E-state index in [1.165, 1.54) is 12.1 Å². The number of aliphatic carboxylic acids is 1. The first-order chi connectivity index (χ1) is 14.7. The number of amidine groups is 1. The lowest BCUT2D eigenvalue weighted by molar-refractivity contribution is -0.142. The number of nitrogen functional groups attached to an aromatic ring is 1. The van der Waals surface area contributed by atoms with Gasteiger partial charge in [0, 0.05) is 21.8 Å². The van der Waals surface area contributed by atoms with E-state index in [4.69, 9.17) is 48.9 Å². The first-order valence-corrected chi connectivity index (χ1v) is 10.3. The second kappa shape index (κ2) is 11.2. The van der Waals surface area contributed by atoms with Crippen LogP contribution in [0.3, 0.4) is 0 Å². The molecule has 0 amide bonds. The fourth-order valence-corrected chi connectivity index (χ4v) is 3.59. The number of carbonyl (C=O) groups is 1. The molecule has 0 bridgehead atoms. The minimum atomic E-state index is -1.60. The van der Waals surface area contributed by atoms with Crippen molar-refractivity contribution in [2.45, 2.75) is 18.9 Å². The lowest BCUT2D eigenvalue weighted by atomic mass is 9.86. The number of hydrogen-bond donors (Lipinski definition) is 5. The van der Waals surface area contributed by atoms with Crippen molar-refractivity contribution in [3.63, 3.8) is 0 Å². The maximum absolute atomic E-state index is 12.5. The quantitative estimate of drug-likeness (QED) is 0.182. The van der Waals surface area contributed by atoms with Gasteiger partial charge in [-0.1, -0.05) is 30.1 Å². The Kier molecular flexibility index (Phi) is 8.94. The Hall–Kier alpha value is -2.52. The van der Waals surface area contributed by atoms with Gasteiger partial charge in [-0.15, -0.1) is 0 Å². The molecular weight excluding hydrogens is 445 g/mol. The van der Waals surface area contributed by atoms with E-state index in [1.807, 2.05) is 0 Å². The molecule has 1 atom stereocenters. The molecular formula is C21H25Cl2N3O5. The van der Waals surface area contributed by atoms with Gasteiger partial charge in [-0.3, -0.25) is 5.41 Å². The van der Waals surface area contributed by atoms with E-state index in [-0.39, 0.29) is 60.0 Å². The van der Waals surface area contributed by atoms with Gasteiger partial charge < -0.3 is 30.7 Å². The Labute approximate surface area is 190 Å². The standard InChI is InChI=1S/C21H25Cl2N3O5/c1-2-21(20(28)29,26-15-5-3-13(4-6-15)19(24)25)16-11-14(22)12-17(23)18(16)31-10-9-30-8-7-27/h3-6,11-12,26-27H,2,7-10H2,1H3,(H3,24,25)(H,28,29). The third-order valence-corrected chi connectivity index (χ3v) is 5.13. The van der Waals surface area contributed by atoms with E-state index in [1.54, 1.807) is 31.2 Å². The molecule has 168 valence electrons. The second-order valence-electron chi connectivity index (χ2n) is 6.63. The van der Waals surface area contributed by atoms with Crippen molar-refractivity contribution in [1.82, 2.24) is 0 Å². The summed E-state index contributed by atoms with van der Waals surface area (Å²) in [6, 6.07) is 9.49. The number of halogens is 2. The van der Waals surface area contributed by atoms with Crippen LogP contribution in [0, 0.1) is 5.41 Å². The van der Waals surface area contributed by atoms with Crippen LogP contribution in [0.4, 0.5) is 5.69 Å². The van der Waals surface area contributed by atoms with Crippen molar-refractivity contribution in [3.8, 4) is 5.75 Å². The molecule has 0 heterocycles. The number of nitrogens with one attached hydrogen (secondary N) is 2. The molecule has 10 heteroatoms. The van der Waals surface area contributed by atoms with E-state index in [0.29, 0.717) is 11.3 Å². The number of carboxylic acid groups (broad SMARTS) is 1. The van der Waals surface area contributed by atoms with Gasteiger partial charge in [-0.05, 0) is 42.8 Å². The Morgan fingerprint density at radius 2 is 1.87 bits per heavy atom. The average molecular weight is 470 g/mol. The minimum Gasteiger partial charge on any atom is -0.489 e. The van der Waals surface area contributed by atoms with Crippen LogP contribution in [0.2, 0.25) is 10.0 Å². The smallest absolute Gasteiger partial charge is 0.334 e. The number of hydrogen-bond acceptors (Lipinski definition) is 6. The highest BCUT2D eigenvalue weighted by Gasteiger charge is 2.42. The summed E-state index contributed by atoms with van der Waals surface area (Å²) in [5.41, 5.74) is 5.16. The summed E-state index contributed by atoms with van der Waals surface area (Å²) in [6.45, 7) is 2.05. The molecule has 2 aromatic rings. The molecule has 31 heavy (non-hydrogen) atoms. The fourth-order valence-electron chi connectivity index (χ4n) is 3.04. The van der Waals surface area contributed by atoms with Gasteiger partial charge >= 0.3 is 5.97 Å². The molecule has 2 rings (SSSR count). The number of benzene rings is 2. The highest BCUT2D eigenvalue weighted by Crippen LogP contribution is 2.42. The van der Waals surface area contributed by atoms with Gasteiger partial charge in [0.25, 0.3) is 0 Å². The van der Waals surface area contributed by atoms with E-state index in [2.05, 4.69) is 5.32 Å². The van der Waals surface area contributed by atoms with Crippen LogP contribution in [0.15, 0.2) is 36.4 Å². The molecule has 6 N–H and O–H groups in total. The summed E-state index contributed by atoms with van der Waals surface area (Å²) in [7, 11) is 0.